The highest BCUT2D eigenvalue weighted by molar-refractivity contribution is 5.80. The van der Waals surface area contributed by atoms with E-state index >= 15 is 0 Å². The largest absolute Gasteiger partial charge is 0.290 e. The standard InChI is InChI=1S/C8H9FN2O/c9-7-3-1-2-6(4-7)5-8(10)11-12/h1-4,12H,5H2,(H2,10,11). The van der Waals surface area contributed by atoms with Gasteiger partial charge in [0.25, 0.3) is 0 Å². The molecule has 1 rings (SSSR count). The molecule has 0 aliphatic heterocycles. The number of rotatable bonds is 2. The monoisotopic (exact) mass is 168 g/mol. The third-order valence-electron chi connectivity index (χ3n) is 1.40. The molecular weight excluding hydrogens is 159 g/mol. The molecule has 0 fully saturated rings. The minimum atomic E-state index is -0.335. The molecule has 0 amide bonds. The highest BCUT2D eigenvalue weighted by atomic mass is 19.1. The van der Waals surface area contributed by atoms with Crippen LogP contribution in [0, 0.1) is 11.2 Å². The molecular formula is C8H9FN2O. The highest BCUT2D eigenvalue weighted by Crippen LogP contribution is 2.03. The van der Waals surface area contributed by atoms with Crippen LogP contribution in [0.5, 0.6) is 0 Å². The van der Waals surface area contributed by atoms with E-state index in [2.05, 4.69) is 0 Å². The van der Waals surface area contributed by atoms with Gasteiger partial charge in [0, 0.05) is 6.42 Å². The Balaban J connectivity index is 2.69. The Bertz CT molecular complexity index is 288. The quantitative estimate of drug-likeness (QED) is 0.354. The van der Waals surface area contributed by atoms with E-state index in [4.69, 9.17) is 10.6 Å². The molecule has 0 unspecified atom stereocenters. The zero-order chi connectivity index (χ0) is 8.97. The number of benzene rings is 1. The van der Waals surface area contributed by atoms with Gasteiger partial charge in [-0.05, 0) is 17.7 Å². The Kier molecular flexibility index (Phi) is 2.76. The number of hydroxylamine groups is 1. The van der Waals surface area contributed by atoms with Crippen LogP contribution in [0.25, 0.3) is 0 Å². The van der Waals surface area contributed by atoms with Gasteiger partial charge in [-0.3, -0.25) is 16.1 Å². The molecule has 0 aromatic heterocycles. The van der Waals surface area contributed by atoms with E-state index in [0.717, 1.165) is 0 Å². The van der Waals surface area contributed by atoms with Gasteiger partial charge in [0.05, 0.1) is 0 Å². The van der Waals surface area contributed by atoms with E-state index in [1.165, 1.54) is 12.1 Å². The summed E-state index contributed by atoms with van der Waals surface area (Å²) in [7, 11) is 0. The maximum Gasteiger partial charge on any atom is 0.123 e. The minimum Gasteiger partial charge on any atom is -0.290 e. The Morgan fingerprint density at radius 1 is 1.58 bits per heavy atom. The third-order valence-corrected chi connectivity index (χ3v) is 1.40. The Morgan fingerprint density at radius 3 is 2.92 bits per heavy atom. The molecule has 0 aliphatic carbocycles. The molecule has 0 radical (unpaired) electrons. The van der Waals surface area contributed by atoms with Crippen LogP contribution in [0.2, 0.25) is 0 Å². The smallest absolute Gasteiger partial charge is 0.123 e. The zero-order valence-electron chi connectivity index (χ0n) is 6.34. The average Bonchev–Trinajstić information content (AvgIpc) is 2.04. The summed E-state index contributed by atoms with van der Waals surface area (Å²) in [4.78, 5) is 0. The fourth-order valence-corrected chi connectivity index (χ4v) is 0.891. The van der Waals surface area contributed by atoms with Crippen LogP contribution in [0.3, 0.4) is 0 Å². The first-order valence-corrected chi connectivity index (χ1v) is 3.44. The molecule has 0 spiro atoms. The molecule has 0 saturated carbocycles. The average molecular weight is 168 g/mol. The van der Waals surface area contributed by atoms with Gasteiger partial charge in [-0.25, -0.2) is 4.39 Å². The van der Waals surface area contributed by atoms with Crippen molar-refractivity contribution in [2.75, 3.05) is 0 Å². The second kappa shape index (κ2) is 3.82. The predicted molar refractivity (Wildman–Crippen MR) is 42.8 cm³/mol. The summed E-state index contributed by atoms with van der Waals surface area (Å²) in [6.07, 6.45) is 0.203. The fraction of sp³-hybridized carbons (Fsp3) is 0.125. The zero-order valence-corrected chi connectivity index (χ0v) is 6.34. The molecule has 64 valence electrons. The van der Waals surface area contributed by atoms with Crippen molar-refractivity contribution in [3.05, 3.63) is 35.6 Å². The highest BCUT2D eigenvalue weighted by Gasteiger charge is 1.98. The summed E-state index contributed by atoms with van der Waals surface area (Å²) < 4.78 is 12.6. The van der Waals surface area contributed by atoms with E-state index in [-0.39, 0.29) is 18.1 Å². The SMILES string of the molecule is N=C(Cc1cccc(F)c1)NO. The molecule has 0 aliphatic rings. The first kappa shape index (κ1) is 8.67. The van der Waals surface area contributed by atoms with Crippen molar-refractivity contribution in [2.24, 2.45) is 0 Å². The summed E-state index contributed by atoms with van der Waals surface area (Å²) in [5, 5.41) is 15.4. The van der Waals surface area contributed by atoms with Crippen LogP contribution in [-0.2, 0) is 6.42 Å². The van der Waals surface area contributed by atoms with Crippen molar-refractivity contribution >= 4 is 5.84 Å². The van der Waals surface area contributed by atoms with Gasteiger partial charge >= 0.3 is 0 Å². The maximum absolute atomic E-state index is 12.6. The lowest BCUT2D eigenvalue weighted by molar-refractivity contribution is 0.231. The lowest BCUT2D eigenvalue weighted by Gasteiger charge is -2.01. The fourth-order valence-electron chi connectivity index (χ4n) is 0.891. The van der Waals surface area contributed by atoms with E-state index in [0.29, 0.717) is 5.56 Å². The van der Waals surface area contributed by atoms with Crippen LogP contribution >= 0.6 is 0 Å². The summed E-state index contributed by atoms with van der Waals surface area (Å²) in [6, 6.07) is 5.91. The van der Waals surface area contributed by atoms with Crippen LogP contribution in [-0.4, -0.2) is 11.0 Å². The maximum atomic E-state index is 12.6. The van der Waals surface area contributed by atoms with E-state index in [1.54, 1.807) is 17.6 Å². The Morgan fingerprint density at radius 2 is 2.33 bits per heavy atom. The van der Waals surface area contributed by atoms with Gasteiger partial charge in [-0.1, -0.05) is 12.1 Å². The Hall–Kier alpha value is -1.42. The topological polar surface area (TPSA) is 56.1 Å². The molecule has 0 saturated heterocycles. The molecule has 12 heavy (non-hydrogen) atoms. The molecule has 0 atom stereocenters. The van der Waals surface area contributed by atoms with E-state index in [9.17, 15) is 4.39 Å². The molecule has 0 bridgehead atoms. The molecule has 3 N–H and O–H groups in total. The second-order valence-electron chi connectivity index (χ2n) is 2.40. The summed E-state index contributed by atoms with van der Waals surface area (Å²) in [5.41, 5.74) is 2.35. The Labute approximate surface area is 69.3 Å². The minimum absolute atomic E-state index is 0.0550. The van der Waals surface area contributed by atoms with Crippen molar-refractivity contribution in [1.29, 1.82) is 5.41 Å². The first-order chi connectivity index (χ1) is 5.72. The number of nitrogens with one attached hydrogen (secondary N) is 2. The summed E-state index contributed by atoms with van der Waals surface area (Å²) >= 11 is 0. The number of amidine groups is 1. The van der Waals surface area contributed by atoms with Gasteiger partial charge in [0.2, 0.25) is 0 Å². The van der Waals surface area contributed by atoms with Gasteiger partial charge < -0.3 is 0 Å². The lowest BCUT2D eigenvalue weighted by Crippen LogP contribution is -2.19. The molecule has 0 heterocycles. The van der Waals surface area contributed by atoms with Crippen molar-refractivity contribution in [3.63, 3.8) is 0 Å². The van der Waals surface area contributed by atoms with Crippen molar-refractivity contribution in [3.8, 4) is 0 Å². The molecule has 1 aromatic carbocycles. The molecule has 1 aromatic rings. The number of hydrogen-bond acceptors (Lipinski definition) is 2. The van der Waals surface area contributed by atoms with E-state index in [1.807, 2.05) is 0 Å². The van der Waals surface area contributed by atoms with Gasteiger partial charge in [-0.2, -0.15) is 0 Å². The van der Waals surface area contributed by atoms with Gasteiger partial charge in [0.15, 0.2) is 0 Å². The molecule has 4 heteroatoms. The predicted octanol–water partition coefficient (Wildman–Crippen LogP) is 1.32. The van der Waals surface area contributed by atoms with Crippen molar-refractivity contribution in [2.45, 2.75) is 6.42 Å². The number of hydrogen-bond donors (Lipinski definition) is 3. The summed E-state index contributed by atoms with van der Waals surface area (Å²) in [5.74, 6) is -0.390. The summed E-state index contributed by atoms with van der Waals surface area (Å²) in [6.45, 7) is 0. The first-order valence-electron chi connectivity index (χ1n) is 3.44. The third kappa shape index (κ3) is 2.32. The number of halogens is 1. The van der Waals surface area contributed by atoms with E-state index < -0.39 is 0 Å². The van der Waals surface area contributed by atoms with Gasteiger partial charge in [0.1, 0.15) is 11.7 Å². The van der Waals surface area contributed by atoms with Gasteiger partial charge in [-0.15, -0.1) is 0 Å². The molecule has 3 nitrogen and oxygen atoms in total. The lowest BCUT2D eigenvalue weighted by atomic mass is 10.1. The second-order valence-corrected chi connectivity index (χ2v) is 2.40. The van der Waals surface area contributed by atoms with Crippen LogP contribution < -0.4 is 5.48 Å². The van der Waals surface area contributed by atoms with Crippen molar-refractivity contribution in [1.82, 2.24) is 5.48 Å². The van der Waals surface area contributed by atoms with Crippen LogP contribution in [0.1, 0.15) is 5.56 Å². The van der Waals surface area contributed by atoms with Crippen molar-refractivity contribution < 1.29 is 9.60 Å². The van der Waals surface area contributed by atoms with Crippen LogP contribution in [0.15, 0.2) is 24.3 Å². The normalized spacial score (nSPS) is 9.50. The van der Waals surface area contributed by atoms with Crippen LogP contribution in [0.4, 0.5) is 4.39 Å².